The van der Waals surface area contributed by atoms with E-state index in [1.54, 1.807) is 6.08 Å². The summed E-state index contributed by atoms with van der Waals surface area (Å²) in [6.45, 7) is 8.96. The second kappa shape index (κ2) is 8.71. The van der Waals surface area contributed by atoms with Gasteiger partial charge in [-0.2, -0.15) is 0 Å². The molecule has 2 amide bonds. The van der Waals surface area contributed by atoms with Gasteiger partial charge >= 0.3 is 5.97 Å². The van der Waals surface area contributed by atoms with E-state index in [2.05, 4.69) is 30.6 Å². The molecule has 0 aromatic rings. The van der Waals surface area contributed by atoms with Gasteiger partial charge in [-0.05, 0) is 81.6 Å². The Morgan fingerprint density at radius 1 is 1.18 bits per heavy atom. The number of carboxylic acids is 1. The van der Waals surface area contributed by atoms with Gasteiger partial charge in [0.05, 0.1) is 25.2 Å². The summed E-state index contributed by atoms with van der Waals surface area (Å²) in [6.07, 6.45) is 10.1. The van der Waals surface area contributed by atoms with E-state index in [0.29, 0.717) is 24.4 Å². The highest BCUT2D eigenvalue weighted by atomic mass is 16.5. The summed E-state index contributed by atoms with van der Waals surface area (Å²) in [5.41, 5.74) is -0.540. The van der Waals surface area contributed by atoms with Gasteiger partial charge in [0.25, 0.3) is 0 Å². The van der Waals surface area contributed by atoms with Crippen molar-refractivity contribution in [2.45, 2.75) is 84.2 Å². The summed E-state index contributed by atoms with van der Waals surface area (Å²) in [4.78, 5) is 36.0. The van der Waals surface area contributed by atoms with Crippen LogP contribution in [0.4, 0.5) is 0 Å². The maximum Gasteiger partial charge on any atom is 0.305 e. The van der Waals surface area contributed by atoms with Crippen molar-refractivity contribution in [3.05, 3.63) is 12.2 Å². The van der Waals surface area contributed by atoms with Crippen LogP contribution in [0.1, 0.15) is 72.6 Å². The molecule has 184 valence electrons. The van der Waals surface area contributed by atoms with Gasteiger partial charge in [0.15, 0.2) is 0 Å². The lowest BCUT2D eigenvalue weighted by molar-refractivity contribution is -0.139. The third kappa shape index (κ3) is 4.45. The van der Waals surface area contributed by atoms with Crippen LogP contribution in [-0.2, 0) is 19.1 Å². The first-order chi connectivity index (χ1) is 15.5. The van der Waals surface area contributed by atoms with Crippen LogP contribution in [0.2, 0.25) is 0 Å². The van der Waals surface area contributed by atoms with Crippen molar-refractivity contribution in [2.24, 2.45) is 34.5 Å². The van der Waals surface area contributed by atoms with Crippen LogP contribution in [-0.4, -0.2) is 47.7 Å². The largest absolute Gasteiger partial charge is 0.481 e. The monoisotopic (exact) mass is 460 g/mol. The summed E-state index contributed by atoms with van der Waals surface area (Å²) in [6, 6.07) is 0.225. The molecule has 7 atom stereocenters. The second-order valence-electron chi connectivity index (χ2n) is 12.0. The Bertz CT molecular complexity index is 839. The molecule has 33 heavy (non-hydrogen) atoms. The summed E-state index contributed by atoms with van der Waals surface area (Å²) < 4.78 is 5.51. The molecule has 3 fully saturated rings. The van der Waals surface area contributed by atoms with E-state index < -0.39 is 11.5 Å². The molecule has 0 saturated heterocycles. The van der Waals surface area contributed by atoms with E-state index in [1.807, 2.05) is 13.8 Å². The highest BCUT2D eigenvalue weighted by Gasteiger charge is 2.61. The fraction of sp³-hybridized carbons (Fsp3) is 0.808. The highest BCUT2D eigenvalue weighted by molar-refractivity contribution is 5.89. The molecular formula is C26H40N2O5. The number of amides is 2. The predicted octanol–water partition coefficient (Wildman–Crippen LogP) is 3.29. The van der Waals surface area contributed by atoms with Crippen LogP contribution in [0.15, 0.2) is 12.2 Å². The highest BCUT2D eigenvalue weighted by Crippen LogP contribution is 2.65. The number of rotatable bonds is 7. The minimum Gasteiger partial charge on any atom is -0.481 e. The molecule has 0 bridgehead atoms. The average molecular weight is 461 g/mol. The number of carbonyl (C=O) groups excluding carboxylic acids is 2. The first kappa shape index (κ1) is 24.2. The second-order valence-corrected chi connectivity index (χ2v) is 12.0. The van der Waals surface area contributed by atoms with Crippen LogP contribution in [0.25, 0.3) is 0 Å². The number of fused-ring (bicyclic) bond motifs is 5. The molecule has 0 radical (unpaired) electrons. The Morgan fingerprint density at radius 2 is 1.94 bits per heavy atom. The molecule has 1 aliphatic heterocycles. The van der Waals surface area contributed by atoms with Crippen molar-refractivity contribution < 1.29 is 24.2 Å². The minimum absolute atomic E-state index is 0.00365. The van der Waals surface area contributed by atoms with Crippen molar-refractivity contribution in [3.8, 4) is 0 Å². The van der Waals surface area contributed by atoms with E-state index in [0.717, 1.165) is 38.5 Å². The van der Waals surface area contributed by atoms with Gasteiger partial charge in [-0.15, -0.1) is 0 Å². The maximum atomic E-state index is 13.4. The van der Waals surface area contributed by atoms with Crippen LogP contribution in [0.5, 0.6) is 0 Å². The fourth-order valence-electron chi connectivity index (χ4n) is 7.71. The lowest BCUT2D eigenvalue weighted by Gasteiger charge is -2.58. The minimum atomic E-state index is -0.883. The number of carbonyl (C=O) groups is 3. The first-order valence-corrected chi connectivity index (χ1v) is 12.6. The van der Waals surface area contributed by atoms with Gasteiger partial charge in [-0.25, -0.2) is 0 Å². The molecule has 7 nitrogen and oxygen atoms in total. The number of carboxylic acid groups (broad SMARTS) is 1. The van der Waals surface area contributed by atoms with Crippen LogP contribution in [0, 0.1) is 34.5 Å². The topological polar surface area (TPSA) is 105 Å². The van der Waals surface area contributed by atoms with E-state index in [1.165, 1.54) is 0 Å². The lowest BCUT2D eigenvalue weighted by Crippen LogP contribution is -2.60. The Labute approximate surface area is 197 Å². The third-order valence-corrected chi connectivity index (χ3v) is 9.39. The number of ether oxygens (including phenoxy) is 1. The van der Waals surface area contributed by atoms with Crippen molar-refractivity contribution in [1.82, 2.24) is 10.6 Å². The van der Waals surface area contributed by atoms with Crippen molar-refractivity contribution in [2.75, 3.05) is 13.2 Å². The predicted molar refractivity (Wildman–Crippen MR) is 124 cm³/mol. The molecule has 1 heterocycles. The van der Waals surface area contributed by atoms with Crippen LogP contribution in [0.3, 0.4) is 0 Å². The number of nitrogens with one attached hydrogen (secondary N) is 2. The van der Waals surface area contributed by atoms with Crippen LogP contribution >= 0.6 is 0 Å². The Morgan fingerprint density at radius 3 is 2.67 bits per heavy atom. The molecule has 0 unspecified atom stereocenters. The summed E-state index contributed by atoms with van der Waals surface area (Å²) in [5, 5.41) is 15.2. The van der Waals surface area contributed by atoms with E-state index in [9.17, 15) is 14.4 Å². The molecular weight excluding hydrogens is 420 g/mol. The molecule has 3 saturated carbocycles. The zero-order valence-corrected chi connectivity index (χ0v) is 20.5. The molecule has 0 aromatic carbocycles. The van der Waals surface area contributed by atoms with Gasteiger partial charge in [0.2, 0.25) is 11.8 Å². The standard InChI is InChI=1S/C26H40N2O5/c1-24(2,15-33-14-11-22(30)31)28-23(32)19-7-6-17-16-5-8-20-26(4,13-10-21(29)27-20)18(16)9-12-25(17,19)3/h10,13,16-20H,5-9,11-12,14-15H2,1-4H3,(H,27,29)(H,28,32)(H,30,31)/t16-,17-,18-,19+,20+,25-,26+/m0/s1. The number of hydrogen-bond donors (Lipinski definition) is 3. The van der Waals surface area contributed by atoms with Gasteiger partial charge in [0.1, 0.15) is 0 Å². The summed E-state index contributed by atoms with van der Waals surface area (Å²) in [7, 11) is 0. The number of aliphatic carboxylic acids is 1. The van der Waals surface area contributed by atoms with Gasteiger partial charge in [-0.1, -0.05) is 19.9 Å². The van der Waals surface area contributed by atoms with E-state index in [-0.39, 0.29) is 47.6 Å². The van der Waals surface area contributed by atoms with Gasteiger partial charge in [-0.3, -0.25) is 14.4 Å². The third-order valence-electron chi connectivity index (χ3n) is 9.39. The van der Waals surface area contributed by atoms with Gasteiger partial charge < -0.3 is 20.5 Å². The molecule has 4 rings (SSSR count). The maximum absolute atomic E-state index is 13.4. The van der Waals surface area contributed by atoms with Crippen molar-refractivity contribution >= 4 is 17.8 Å². The van der Waals surface area contributed by atoms with E-state index >= 15 is 0 Å². The lowest BCUT2D eigenvalue weighted by atomic mass is 9.48. The zero-order valence-electron chi connectivity index (χ0n) is 20.5. The Kier molecular flexibility index (Phi) is 6.40. The summed E-state index contributed by atoms with van der Waals surface area (Å²) >= 11 is 0. The normalized spacial score (nSPS) is 39.8. The zero-order chi connectivity index (χ0) is 24.0. The average Bonchev–Trinajstić information content (AvgIpc) is 3.09. The summed E-state index contributed by atoms with van der Waals surface area (Å²) in [5.74, 6) is 0.923. The number of hydrogen-bond acceptors (Lipinski definition) is 4. The molecule has 7 heteroatoms. The smallest absolute Gasteiger partial charge is 0.305 e. The fourth-order valence-corrected chi connectivity index (χ4v) is 7.71. The van der Waals surface area contributed by atoms with E-state index in [4.69, 9.17) is 9.84 Å². The molecule has 0 spiro atoms. The Balaban J connectivity index is 1.42. The SMILES string of the molecule is CC(C)(COCCC(=O)O)NC(=O)[C@H]1CC[C@H]2[C@@H]3CC[C@H]4NC(=O)C=C[C@]4(C)[C@H]3CC[C@]12C. The molecule has 3 aliphatic carbocycles. The molecule has 0 aromatic heterocycles. The van der Waals surface area contributed by atoms with Crippen molar-refractivity contribution in [3.63, 3.8) is 0 Å². The first-order valence-electron chi connectivity index (χ1n) is 12.6. The van der Waals surface area contributed by atoms with Crippen molar-refractivity contribution in [1.29, 1.82) is 0 Å². The Hall–Kier alpha value is -1.89. The van der Waals surface area contributed by atoms with Gasteiger partial charge in [0, 0.05) is 17.4 Å². The molecule has 4 aliphatic rings. The molecule has 3 N–H and O–H groups in total. The quantitative estimate of drug-likeness (QED) is 0.506. The van der Waals surface area contributed by atoms with Crippen LogP contribution < -0.4 is 10.6 Å².